The van der Waals surface area contributed by atoms with Gasteiger partial charge in [-0.25, -0.2) is 0 Å². The number of hydrogen-bond acceptors (Lipinski definition) is 5. The maximum Gasteiger partial charge on any atom is 0.291 e. The number of rotatable bonds is 5. The van der Waals surface area contributed by atoms with Gasteiger partial charge in [0.15, 0.2) is 11.0 Å². The maximum absolute atomic E-state index is 14.1. The minimum atomic E-state index is -1.50. The first-order valence-corrected chi connectivity index (χ1v) is 10.9. The lowest BCUT2D eigenvalue weighted by atomic mass is 9.84. The maximum atomic E-state index is 14.1. The average Bonchev–Trinajstić information content (AvgIpc) is 3.18. The van der Waals surface area contributed by atoms with Gasteiger partial charge in [-0.05, 0) is 52.2 Å². The third-order valence-corrected chi connectivity index (χ3v) is 6.45. The second kappa shape index (κ2) is 7.31. The van der Waals surface area contributed by atoms with E-state index in [-0.39, 0.29) is 22.7 Å². The van der Waals surface area contributed by atoms with Gasteiger partial charge in [-0.2, -0.15) is 0 Å². The number of likely N-dealkylation sites (N-methyl/N-ethyl adjacent to an activating group) is 1. The van der Waals surface area contributed by atoms with Gasteiger partial charge < -0.3 is 19.1 Å². The van der Waals surface area contributed by atoms with E-state index >= 15 is 0 Å². The van der Waals surface area contributed by atoms with Crippen LogP contribution in [0.15, 0.2) is 57.7 Å². The van der Waals surface area contributed by atoms with Crippen molar-refractivity contribution in [2.45, 2.75) is 18.9 Å². The Kier molecular flexibility index (Phi) is 4.67. The molecule has 0 radical (unpaired) electrons. The summed E-state index contributed by atoms with van der Waals surface area (Å²) in [7, 11) is 3.92. The van der Waals surface area contributed by atoms with Crippen LogP contribution in [0.1, 0.15) is 35.0 Å². The Hall–Kier alpha value is -3.45. The first-order chi connectivity index (χ1) is 15.4. The first-order valence-electron chi connectivity index (χ1n) is 10.9. The summed E-state index contributed by atoms with van der Waals surface area (Å²) in [5.74, 6) is -0.719. The number of fused-ring (bicyclic) bond motifs is 5. The van der Waals surface area contributed by atoms with Crippen LogP contribution in [0.25, 0.3) is 11.0 Å². The topological polar surface area (TPSA) is 74.1 Å². The van der Waals surface area contributed by atoms with Gasteiger partial charge in [-0.1, -0.05) is 30.3 Å². The van der Waals surface area contributed by atoms with Crippen molar-refractivity contribution in [2.24, 2.45) is 0 Å². The van der Waals surface area contributed by atoms with Crippen LogP contribution in [0.3, 0.4) is 0 Å². The van der Waals surface area contributed by atoms with Gasteiger partial charge in [0.2, 0.25) is 5.76 Å². The van der Waals surface area contributed by atoms with Crippen molar-refractivity contribution in [2.75, 3.05) is 38.6 Å². The standard InChI is InChI=1S/C25H25N3O4/c1-4-27-18-12-7-6-11-17(18)25(24(27)31)20-21(29)16-10-5-8-13-19(16)32-22(20)23(30)28(25)15-9-14-26(2)3/h5-8,10-13H,4,9,14-15H2,1-3H3. The molecule has 3 aromatic rings. The van der Waals surface area contributed by atoms with Gasteiger partial charge in [0.1, 0.15) is 5.58 Å². The van der Waals surface area contributed by atoms with E-state index in [2.05, 4.69) is 0 Å². The van der Waals surface area contributed by atoms with Gasteiger partial charge >= 0.3 is 0 Å². The van der Waals surface area contributed by atoms with Crippen LogP contribution in [0, 0.1) is 0 Å². The number of hydrogen-bond donors (Lipinski definition) is 0. The number of benzene rings is 2. The third-order valence-electron chi connectivity index (χ3n) is 6.45. The molecule has 5 rings (SSSR count). The van der Waals surface area contributed by atoms with Crippen LogP contribution < -0.4 is 10.3 Å². The average molecular weight is 431 g/mol. The fourth-order valence-corrected chi connectivity index (χ4v) is 5.10. The van der Waals surface area contributed by atoms with Crippen LogP contribution in [-0.2, 0) is 10.3 Å². The molecule has 2 aliphatic heterocycles. The van der Waals surface area contributed by atoms with E-state index in [1.165, 1.54) is 0 Å². The van der Waals surface area contributed by atoms with Crippen molar-refractivity contribution >= 4 is 28.5 Å². The molecule has 2 aromatic carbocycles. The molecule has 0 bridgehead atoms. The molecule has 2 amide bonds. The van der Waals surface area contributed by atoms with Crippen LogP contribution in [0.4, 0.5) is 5.69 Å². The van der Waals surface area contributed by atoms with Gasteiger partial charge in [-0.15, -0.1) is 0 Å². The Labute approximate surface area is 185 Å². The molecule has 3 heterocycles. The summed E-state index contributed by atoms with van der Waals surface area (Å²) in [5, 5.41) is 0.369. The zero-order valence-corrected chi connectivity index (χ0v) is 18.4. The highest BCUT2D eigenvalue weighted by atomic mass is 16.3. The number of amides is 2. The minimum Gasteiger partial charge on any atom is -0.450 e. The van der Waals surface area contributed by atoms with E-state index in [4.69, 9.17) is 4.42 Å². The lowest BCUT2D eigenvalue weighted by Crippen LogP contribution is -2.53. The largest absolute Gasteiger partial charge is 0.450 e. The smallest absolute Gasteiger partial charge is 0.291 e. The summed E-state index contributed by atoms with van der Waals surface area (Å²) in [6.45, 7) is 3.40. The molecule has 1 unspecified atom stereocenters. The van der Waals surface area contributed by atoms with E-state index in [1.54, 1.807) is 34.1 Å². The van der Waals surface area contributed by atoms with Crippen molar-refractivity contribution in [3.63, 3.8) is 0 Å². The molecular weight excluding hydrogens is 406 g/mol. The van der Waals surface area contributed by atoms with Gasteiger partial charge in [-0.3, -0.25) is 14.4 Å². The zero-order chi connectivity index (χ0) is 22.6. The van der Waals surface area contributed by atoms with Gasteiger partial charge in [0.05, 0.1) is 16.6 Å². The zero-order valence-electron chi connectivity index (χ0n) is 18.4. The van der Waals surface area contributed by atoms with Crippen molar-refractivity contribution < 1.29 is 14.0 Å². The van der Waals surface area contributed by atoms with Crippen LogP contribution >= 0.6 is 0 Å². The summed E-state index contributed by atoms with van der Waals surface area (Å²) < 4.78 is 6.00. The summed E-state index contributed by atoms with van der Waals surface area (Å²) in [5.41, 5.74) is 0.0414. The van der Waals surface area contributed by atoms with Crippen LogP contribution in [0.5, 0.6) is 0 Å². The van der Waals surface area contributed by atoms with Gasteiger partial charge in [0.25, 0.3) is 11.8 Å². The van der Waals surface area contributed by atoms with Crippen molar-refractivity contribution in [3.05, 3.63) is 75.6 Å². The number of carbonyl (C=O) groups excluding carboxylic acids is 2. The van der Waals surface area contributed by atoms with E-state index in [9.17, 15) is 14.4 Å². The molecule has 7 heteroatoms. The Morgan fingerprint density at radius 2 is 1.72 bits per heavy atom. The molecule has 0 saturated heterocycles. The number of para-hydroxylation sites is 2. The van der Waals surface area contributed by atoms with Crippen LogP contribution in [0.2, 0.25) is 0 Å². The van der Waals surface area contributed by atoms with E-state index in [0.717, 1.165) is 12.2 Å². The Bertz CT molecular complexity index is 1310. The molecule has 164 valence electrons. The van der Waals surface area contributed by atoms with Crippen LogP contribution in [-0.4, -0.2) is 55.3 Å². The number of anilines is 1. The van der Waals surface area contributed by atoms with Crippen molar-refractivity contribution in [3.8, 4) is 0 Å². The van der Waals surface area contributed by atoms with Crippen molar-refractivity contribution in [1.82, 2.24) is 9.80 Å². The van der Waals surface area contributed by atoms with E-state index < -0.39 is 11.4 Å². The monoisotopic (exact) mass is 431 g/mol. The lowest BCUT2D eigenvalue weighted by Gasteiger charge is -2.34. The molecule has 0 saturated carbocycles. The Balaban J connectivity index is 1.83. The fourth-order valence-electron chi connectivity index (χ4n) is 5.10. The molecule has 0 fully saturated rings. The van der Waals surface area contributed by atoms with E-state index in [1.807, 2.05) is 50.2 Å². The normalized spacial score (nSPS) is 19.5. The second-order valence-electron chi connectivity index (χ2n) is 8.52. The minimum absolute atomic E-state index is 0.0281. The van der Waals surface area contributed by atoms with E-state index in [0.29, 0.717) is 36.0 Å². The SMILES string of the molecule is CCN1C(=O)C2(c3ccccc31)c1c(oc3ccccc3c1=O)C(=O)N2CCCN(C)C. The first kappa shape index (κ1) is 20.5. The molecular formula is C25H25N3O4. The Morgan fingerprint density at radius 1 is 1.00 bits per heavy atom. The highest BCUT2D eigenvalue weighted by molar-refractivity contribution is 6.17. The van der Waals surface area contributed by atoms with Gasteiger partial charge in [0, 0.05) is 18.7 Å². The predicted octanol–water partition coefficient (Wildman–Crippen LogP) is 2.81. The fraction of sp³-hybridized carbons (Fsp3) is 0.320. The summed E-state index contributed by atoms with van der Waals surface area (Å²) in [6, 6.07) is 14.3. The Morgan fingerprint density at radius 3 is 2.47 bits per heavy atom. The summed E-state index contributed by atoms with van der Waals surface area (Å²) in [6.07, 6.45) is 0.657. The highest BCUT2D eigenvalue weighted by Gasteiger charge is 2.64. The quantitative estimate of drug-likeness (QED) is 0.621. The molecule has 1 aromatic heterocycles. The van der Waals surface area contributed by atoms with Crippen molar-refractivity contribution in [1.29, 1.82) is 0 Å². The summed E-state index contributed by atoms with van der Waals surface area (Å²) in [4.78, 5) is 46.8. The molecule has 0 N–H and O–H groups in total. The molecule has 7 nitrogen and oxygen atoms in total. The number of carbonyl (C=O) groups is 2. The lowest BCUT2D eigenvalue weighted by molar-refractivity contribution is -0.126. The molecule has 1 atom stereocenters. The number of nitrogens with zero attached hydrogens (tertiary/aromatic N) is 3. The second-order valence-corrected chi connectivity index (χ2v) is 8.52. The predicted molar refractivity (Wildman–Crippen MR) is 122 cm³/mol. The third kappa shape index (κ3) is 2.54. The highest BCUT2D eigenvalue weighted by Crippen LogP contribution is 2.52. The molecule has 1 spiro atoms. The molecule has 32 heavy (non-hydrogen) atoms. The molecule has 0 aliphatic carbocycles. The summed E-state index contributed by atoms with van der Waals surface area (Å²) >= 11 is 0. The molecule has 2 aliphatic rings.